The minimum absolute atomic E-state index is 0.0920. The first-order chi connectivity index (χ1) is 14.0. The summed E-state index contributed by atoms with van der Waals surface area (Å²) in [5.74, 6) is 1.72. The summed E-state index contributed by atoms with van der Waals surface area (Å²) >= 11 is 0. The van der Waals surface area contributed by atoms with Gasteiger partial charge in [-0.1, -0.05) is 6.07 Å². The van der Waals surface area contributed by atoms with Crippen LogP contribution in [0.3, 0.4) is 0 Å². The molecule has 0 bridgehead atoms. The Hall–Kier alpha value is -2.09. The van der Waals surface area contributed by atoms with Gasteiger partial charge in [-0.05, 0) is 72.7 Å². The van der Waals surface area contributed by atoms with E-state index in [4.69, 9.17) is 14.2 Å². The molecule has 156 valence electrons. The summed E-state index contributed by atoms with van der Waals surface area (Å²) in [6.45, 7) is 1.74. The Labute approximate surface area is 172 Å². The molecule has 0 aromatic heterocycles. The Morgan fingerprint density at radius 3 is 2.24 bits per heavy atom. The summed E-state index contributed by atoms with van der Waals surface area (Å²) in [6, 6.07) is 12.5. The molecule has 2 aliphatic rings. The van der Waals surface area contributed by atoms with Crippen molar-refractivity contribution in [3.8, 4) is 11.5 Å². The number of hydrogen-bond donors (Lipinski definition) is 0. The maximum absolute atomic E-state index is 13.6. The van der Waals surface area contributed by atoms with E-state index < -0.39 is 10.0 Å². The summed E-state index contributed by atoms with van der Waals surface area (Å²) in [6.07, 6.45) is 2.43. The minimum Gasteiger partial charge on any atom is -0.497 e. The van der Waals surface area contributed by atoms with Crippen LogP contribution in [0.25, 0.3) is 0 Å². The van der Waals surface area contributed by atoms with Gasteiger partial charge < -0.3 is 14.2 Å². The topological polar surface area (TPSA) is 65.1 Å². The van der Waals surface area contributed by atoms with Gasteiger partial charge in [-0.25, -0.2) is 8.42 Å². The largest absolute Gasteiger partial charge is 0.497 e. The summed E-state index contributed by atoms with van der Waals surface area (Å²) in [4.78, 5) is 0.298. The fourth-order valence-electron chi connectivity index (χ4n) is 4.33. The van der Waals surface area contributed by atoms with Crippen molar-refractivity contribution < 1.29 is 22.6 Å². The lowest BCUT2D eigenvalue weighted by Crippen LogP contribution is -2.49. The van der Waals surface area contributed by atoms with E-state index >= 15 is 0 Å². The summed E-state index contributed by atoms with van der Waals surface area (Å²) < 4.78 is 45.0. The monoisotopic (exact) mass is 417 g/mol. The second kappa shape index (κ2) is 8.34. The molecule has 4 rings (SSSR count). The van der Waals surface area contributed by atoms with Gasteiger partial charge in [0.05, 0.1) is 19.1 Å². The van der Waals surface area contributed by atoms with E-state index in [1.54, 1.807) is 42.8 Å². The van der Waals surface area contributed by atoms with Crippen LogP contribution in [0.15, 0.2) is 47.4 Å². The normalized spacial score (nSPS) is 20.8. The Kier molecular flexibility index (Phi) is 5.81. The van der Waals surface area contributed by atoms with E-state index in [-0.39, 0.29) is 12.0 Å². The van der Waals surface area contributed by atoms with E-state index in [0.29, 0.717) is 36.8 Å². The van der Waals surface area contributed by atoms with Crippen LogP contribution >= 0.6 is 0 Å². The standard InChI is InChI=1S/C22H27NO5S/c1-26-19-5-7-21(8-6-19)29(24,25)23-15-17-3-4-20(27-2)13-18(17)14-22(23)16-9-11-28-12-10-16/h3-8,13,16,22H,9-12,14-15H2,1-2H3/t22-/m0/s1. The molecule has 2 aromatic rings. The van der Waals surface area contributed by atoms with Crippen LogP contribution in [0.1, 0.15) is 24.0 Å². The molecule has 1 saturated heterocycles. The highest BCUT2D eigenvalue weighted by Crippen LogP contribution is 2.37. The van der Waals surface area contributed by atoms with Gasteiger partial charge >= 0.3 is 0 Å². The molecule has 0 radical (unpaired) electrons. The van der Waals surface area contributed by atoms with E-state index in [0.717, 1.165) is 24.2 Å². The molecule has 0 spiro atoms. The molecule has 0 aliphatic carbocycles. The first-order valence-corrected chi connectivity index (χ1v) is 11.4. The lowest BCUT2D eigenvalue weighted by Gasteiger charge is -2.41. The molecule has 2 heterocycles. The summed E-state index contributed by atoms with van der Waals surface area (Å²) in [5.41, 5.74) is 2.20. The number of hydrogen-bond acceptors (Lipinski definition) is 5. The molecule has 0 unspecified atom stereocenters. The third-order valence-corrected chi connectivity index (χ3v) is 7.90. The van der Waals surface area contributed by atoms with Crippen molar-refractivity contribution in [1.82, 2.24) is 4.31 Å². The van der Waals surface area contributed by atoms with Gasteiger partial charge in [0.2, 0.25) is 10.0 Å². The molecule has 29 heavy (non-hydrogen) atoms. The third kappa shape index (κ3) is 3.99. The van der Waals surface area contributed by atoms with Crippen molar-refractivity contribution in [2.24, 2.45) is 5.92 Å². The number of ether oxygens (including phenoxy) is 3. The van der Waals surface area contributed by atoms with Crippen LogP contribution in [0.4, 0.5) is 0 Å². The summed E-state index contributed by atoms with van der Waals surface area (Å²) in [5, 5.41) is 0. The molecule has 2 aromatic carbocycles. The van der Waals surface area contributed by atoms with Gasteiger partial charge in [0.25, 0.3) is 0 Å². The van der Waals surface area contributed by atoms with Gasteiger partial charge in [0.1, 0.15) is 11.5 Å². The third-order valence-electron chi connectivity index (χ3n) is 6.01. The van der Waals surface area contributed by atoms with E-state index in [2.05, 4.69) is 0 Å². The van der Waals surface area contributed by atoms with Gasteiger partial charge in [-0.2, -0.15) is 4.31 Å². The van der Waals surface area contributed by atoms with Gasteiger partial charge in [-0.15, -0.1) is 0 Å². The second-order valence-electron chi connectivity index (χ2n) is 7.58. The van der Waals surface area contributed by atoms with Crippen LogP contribution in [0.5, 0.6) is 11.5 Å². The van der Waals surface area contributed by atoms with Crippen molar-refractivity contribution >= 4 is 10.0 Å². The van der Waals surface area contributed by atoms with E-state index in [1.807, 2.05) is 18.2 Å². The average molecular weight is 418 g/mol. The zero-order valence-corrected chi connectivity index (χ0v) is 17.7. The lowest BCUT2D eigenvalue weighted by molar-refractivity contribution is 0.0389. The zero-order chi connectivity index (χ0) is 20.4. The lowest BCUT2D eigenvalue weighted by atomic mass is 9.84. The van der Waals surface area contributed by atoms with Crippen molar-refractivity contribution in [2.45, 2.75) is 36.7 Å². The van der Waals surface area contributed by atoms with Gasteiger partial charge in [0, 0.05) is 25.8 Å². The van der Waals surface area contributed by atoms with Gasteiger partial charge in [0.15, 0.2) is 0 Å². The number of nitrogens with zero attached hydrogens (tertiary/aromatic N) is 1. The molecule has 7 heteroatoms. The fraction of sp³-hybridized carbons (Fsp3) is 0.455. The number of sulfonamides is 1. The predicted molar refractivity (Wildman–Crippen MR) is 110 cm³/mol. The molecular formula is C22H27NO5S. The maximum Gasteiger partial charge on any atom is 0.243 e. The van der Waals surface area contributed by atoms with Crippen molar-refractivity contribution in [1.29, 1.82) is 0 Å². The quantitative estimate of drug-likeness (QED) is 0.747. The zero-order valence-electron chi connectivity index (χ0n) is 16.8. The van der Waals surface area contributed by atoms with Crippen molar-refractivity contribution in [3.63, 3.8) is 0 Å². The highest BCUT2D eigenvalue weighted by atomic mass is 32.2. The molecule has 0 amide bonds. The fourth-order valence-corrected chi connectivity index (χ4v) is 6.00. The Morgan fingerprint density at radius 2 is 1.59 bits per heavy atom. The molecule has 1 atom stereocenters. The molecule has 2 aliphatic heterocycles. The average Bonchev–Trinajstić information content (AvgIpc) is 2.78. The highest BCUT2D eigenvalue weighted by Gasteiger charge is 2.40. The number of methoxy groups -OCH3 is 2. The summed E-state index contributed by atoms with van der Waals surface area (Å²) in [7, 11) is -0.415. The SMILES string of the molecule is COc1ccc(S(=O)(=O)N2Cc3ccc(OC)cc3C[C@H]2C2CCOCC2)cc1. The maximum atomic E-state index is 13.6. The van der Waals surface area contributed by atoms with Gasteiger partial charge in [-0.3, -0.25) is 0 Å². The van der Waals surface area contributed by atoms with Crippen LogP contribution in [0.2, 0.25) is 0 Å². The van der Waals surface area contributed by atoms with Crippen molar-refractivity contribution in [2.75, 3.05) is 27.4 Å². The Morgan fingerprint density at radius 1 is 0.931 bits per heavy atom. The minimum atomic E-state index is -3.64. The van der Waals surface area contributed by atoms with Crippen LogP contribution in [0, 0.1) is 5.92 Å². The second-order valence-corrected chi connectivity index (χ2v) is 9.47. The van der Waals surface area contributed by atoms with Crippen molar-refractivity contribution in [3.05, 3.63) is 53.6 Å². The Balaban J connectivity index is 1.72. The molecule has 0 saturated carbocycles. The molecule has 1 fully saturated rings. The number of fused-ring (bicyclic) bond motifs is 1. The van der Waals surface area contributed by atoms with E-state index in [1.165, 1.54) is 5.56 Å². The van der Waals surface area contributed by atoms with Crippen LogP contribution < -0.4 is 9.47 Å². The van der Waals surface area contributed by atoms with E-state index in [9.17, 15) is 8.42 Å². The molecule has 0 N–H and O–H groups in total. The Bertz CT molecular complexity index is 952. The highest BCUT2D eigenvalue weighted by molar-refractivity contribution is 7.89. The molecular weight excluding hydrogens is 390 g/mol. The molecule has 6 nitrogen and oxygen atoms in total. The first-order valence-electron chi connectivity index (χ1n) is 9.92. The van der Waals surface area contributed by atoms with Crippen LogP contribution in [-0.2, 0) is 27.7 Å². The number of rotatable bonds is 5. The number of benzene rings is 2. The first kappa shape index (κ1) is 20.2. The predicted octanol–water partition coefficient (Wildman–Crippen LogP) is 3.25. The smallest absolute Gasteiger partial charge is 0.243 e. The van der Waals surface area contributed by atoms with Crippen LogP contribution in [-0.4, -0.2) is 46.2 Å².